The van der Waals surface area contributed by atoms with Crippen LogP contribution in [-0.4, -0.2) is 265 Å². The number of phenols is 4. The van der Waals surface area contributed by atoms with Gasteiger partial charge in [0, 0.05) is 29.8 Å². The first-order chi connectivity index (χ1) is 44.7. The summed E-state index contributed by atoms with van der Waals surface area (Å²) in [6.45, 7) is -3.25. The van der Waals surface area contributed by atoms with Crippen molar-refractivity contribution in [3.63, 3.8) is 0 Å². The van der Waals surface area contributed by atoms with Crippen LogP contribution in [0.25, 0.3) is 18.2 Å². The highest BCUT2D eigenvalue weighted by molar-refractivity contribution is 5.90. The molecule has 0 aliphatic carbocycles. The van der Waals surface area contributed by atoms with E-state index in [1.807, 2.05) is 0 Å². The summed E-state index contributed by atoms with van der Waals surface area (Å²) in [6, 6.07) is 15.4. The Kier molecular flexibility index (Phi) is 22.5. The van der Waals surface area contributed by atoms with Crippen LogP contribution >= 0.6 is 0 Å². The van der Waals surface area contributed by atoms with Gasteiger partial charge in [-0.3, -0.25) is 9.59 Å². The molecule has 510 valence electrons. The Hall–Kier alpha value is -8.50. The van der Waals surface area contributed by atoms with Crippen molar-refractivity contribution in [2.75, 3.05) is 26.4 Å². The van der Waals surface area contributed by atoms with Crippen molar-refractivity contribution < 1.29 is 168 Å². The number of carboxylic acid groups (broad SMARTS) is 1. The number of benzene rings is 4. The number of carbonyl (C=O) groups excluding carboxylic acids is 3. The SMILES string of the molecule is O=C(O)CC(=O)OCC1OC(OC2=Cc3c(O)cc(O)cc3OC2c2cc(OC3OC(CO)C(O)C(O)C3O)c(O)c(OC3OC(COC(=O)C=Cc4ccc(OC5OC(COC(=O)C=Cc6ccc(O)cc6)C(O)C(O)C5O)cc4)C(O)C(O)C3O)c2)C(O)C(O)C1O. The molecule has 0 saturated carbocycles. The van der Waals surface area contributed by atoms with Crippen molar-refractivity contribution in [3.8, 4) is 46.0 Å². The van der Waals surface area contributed by atoms with E-state index in [-0.39, 0.29) is 28.4 Å². The molecule has 5 aliphatic heterocycles. The van der Waals surface area contributed by atoms with Crippen molar-refractivity contribution in [2.24, 2.45) is 0 Å². The molecule has 4 aromatic carbocycles. The molecule has 0 amide bonds. The van der Waals surface area contributed by atoms with Gasteiger partial charge >= 0.3 is 23.9 Å². The first-order valence-corrected chi connectivity index (χ1v) is 28.5. The minimum absolute atomic E-state index is 0.0183. The predicted octanol–water partition coefficient (Wildman–Crippen LogP) is -4.11. The zero-order chi connectivity index (χ0) is 68.0. The normalized spacial score (nSPS) is 32.5. The molecule has 34 heteroatoms. The second-order valence-electron chi connectivity index (χ2n) is 21.8. The molecular formula is C60H66O34. The van der Waals surface area contributed by atoms with Gasteiger partial charge in [0.2, 0.25) is 30.9 Å². The highest BCUT2D eigenvalue weighted by atomic mass is 16.7. The monoisotopic (exact) mass is 1330 g/mol. The summed E-state index contributed by atoms with van der Waals surface area (Å²) in [7, 11) is 0. The van der Waals surface area contributed by atoms with E-state index in [0.717, 1.165) is 42.5 Å². The van der Waals surface area contributed by atoms with Gasteiger partial charge in [-0.1, -0.05) is 24.3 Å². The molecule has 34 nitrogen and oxygen atoms in total. The predicted molar refractivity (Wildman–Crippen MR) is 304 cm³/mol. The quantitative estimate of drug-likeness (QED) is 0.0154. The van der Waals surface area contributed by atoms with Gasteiger partial charge in [0.25, 0.3) is 0 Å². The van der Waals surface area contributed by atoms with E-state index >= 15 is 0 Å². The average Bonchev–Trinajstić information content (AvgIpc) is 0.766. The van der Waals surface area contributed by atoms with Gasteiger partial charge in [-0.25, -0.2) is 9.59 Å². The molecule has 5 aliphatic rings. The first kappa shape index (κ1) is 69.8. The smallest absolute Gasteiger partial charge is 0.330 e. The Morgan fingerprint density at radius 3 is 1.36 bits per heavy atom. The lowest BCUT2D eigenvalue weighted by molar-refractivity contribution is -0.294. The Labute approximate surface area is 529 Å². The van der Waals surface area contributed by atoms with E-state index < -0.39 is 220 Å². The Morgan fingerprint density at radius 1 is 0.468 bits per heavy atom. The van der Waals surface area contributed by atoms with Gasteiger partial charge in [0.05, 0.1) is 12.2 Å². The fourth-order valence-electron chi connectivity index (χ4n) is 9.99. The van der Waals surface area contributed by atoms with E-state index in [9.17, 15) is 106 Å². The van der Waals surface area contributed by atoms with Crippen LogP contribution < -0.4 is 18.9 Å². The van der Waals surface area contributed by atoms with Crippen LogP contribution in [0, 0.1) is 0 Å². The molecule has 0 bridgehead atoms. The molecule has 21 unspecified atom stereocenters. The van der Waals surface area contributed by atoms with Crippen molar-refractivity contribution in [1.82, 2.24) is 0 Å². The van der Waals surface area contributed by atoms with E-state index in [1.54, 1.807) is 12.1 Å². The third kappa shape index (κ3) is 16.3. The van der Waals surface area contributed by atoms with Crippen molar-refractivity contribution in [1.29, 1.82) is 0 Å². The summed E-state index contributed by atoms with van der Waals surface area (Å²) in [5.74, 6) is -9.30. The van der Waals surface area contributed by atoms with E-state index in [4.69, 9.17) is 61.9 Å². The summed E-state index contributed by atoms with van der Waals surface area (Å²) in [6.07, 6.45) is -35.3. The number of carboxylic acids is 1. The number of hydrogen-bond donors (Lipinski definition) is 18. The molecule has 9 rings (SSSR count). The minimum Gasteiger partial charge on any atom is -0.508 e. The van der Waals surface area contributed by atoms with Gasteiger partial charge in [-0.05, 0) is 65.8 Å². The maximum absolute atomic E-state index is 13.1. The largest absolute Gasteiger partial charge is 0.508 e. The zero-order valence-corrected chi connectivity index (χ0v) is 48.6. The summed E-state index contributed by atoms with van der Waals surface area (Å²) in [5, 5.41) is 192. The second-order valence-corrected chi connectivity index (χ2v) is 21.8. The van der Waals surface area contributed by atoms with Crippen molar-refractivity contribution in [2.45, 2.75) is 135 Å². The van der Waals surface area contributed by atoms with E-state index in [0.29, 0.717) is 11.1 Å². The van der Waals surface area contributed by atoms with Crippen LogP contribution in [0.4, 0.5) is 0 Å². The molecule has 0 spiro atoms. The average molecular weight is 1330 g/mol. The van der Waals surface area contributed by atoms with Crippen LogP contribution in [0.3, 0.4) is 0 Å². The molecular weight excluding hydrogens is 1260 g/mol. The number of carbonyl (C=O) groups is 4. The summed E-state index contributed by atoms with van der Waals surface area (Å²) in [4.78, 5) is 48.6. The number of aliphatic hydroxyl groups excluding tert-OH is 13. The van der Waals surface area contributed by atoms with Crippen LogP contribution in [0.5, 0.6) is 46.0 Å². The van der Waals surface area contributed by atoms with Crippen LogP contribution in [0.1, 0.15) is 34.8 Å². The molecule has 5 heterocycles. The Balaban J connectivity index is 0.905. The standard InChI is InChI=1S/C60H66O34/c61-19-35-44(71)48(75)53(80)58(91-35)88-32-13-25(56-34(17-29-30(64)15-27(63)16-31(29)87-56)90-60-55(82)51(78)47(74)38(94-60)22-85-42(69)18-39(65)66)14-33(43(32)70)89-59-54(81)50(77)46(73)37(93-59)21-84-41(68)12-6-24-3-9-28(10-4-24)86-57-52(79)49(76)45(72)36(92-57)20-83-40(67)11-5-23-1-7-26(62)8-2-23/h1-17,35-38,44-64,70-82H,18-22H2,(H,65,66). The number of hydrogen-bond acceptors (Lipinski definition) is 33. The lowest BCUT2D eigenvalue weighted by Gasteiger charge is -2.41. The summed E-state index contributed by atoms with van der Waals surface area (Å²) in [5.41, 5.74) is 0.396. The third-order valence-corrected chi connectivity index (χ3v) is 15.2. The fraction of sp³-hybridized carbons (Fsp3) is 0.433. The fourth-order valence-corrected chi connectivity index (χ4v) is 9.99. The molecule has 0 radical (unpaired) electrons. The van der Waals surface area contributed by atoms with Crippen molar-refractivity contribution in [3.05, 3.63) is 113 Å². The van der Waals surface area contributed by atoms with E-state index in [1.165, 1.54) is 48.6 Å². The number of aromatic hydroxyl groups is 4. The maximum atomic E-state index is 13.1. The molecule has 4 fully saturated rings. The number of aliphatic hydroxyl groups is 13. The zero-order valence-electron chi connectivity index (χ0n) is 48.6. The number of esters is 3. The summed E-state index contributed by atoms with van der Waals surface area (Å²) >= 11 is 0. The van der Waals surface area contributed by atoms with Gasteiger partial charge < -0.3 is 149 Å². The number of fused-ring (bicyclic) bond motifs is 1. The number of rotatable bonds is 22. The lowest BCUT2D eigenvalue weighted by atomic mass is 9.98. The Bertz CT molecular complexity index is 3390. The van der Waals surface area contributed by atoms with Crippen LogP contribution in [0.15, 0.2) is 90.7 Å². The van der Waals surface area contributed by atoms with Gasteiger partial charge in [-0.2, -0.15) is 0 Å². The third-order valence-electron chi connectivity index (χ3n) is 15.2. The highest BCUT2D eigenvalue weighted by Gasteiger charge is 2.50. The number of aliphatic carboxylic acids is 1. The number of ether oxygens (including phenoxy) is 12. The van der Waals surface area contributed by atoms with E-state index in [2.05, 4.69) is 0 Å². The highest BCUT2D eigenvalue weighted by Crippen LogP contribution is 2.49. The van der Waals surface area contributed by atoms with Crippen molar-refractivity contribution >= 4 is 42.1 Å². The minimum atomic E-state index is -2.21. The van der Waals surface area contributed by atoms with Crippen LogP contribution in [-0.2, 0) is 57.1 Å². The molecule has 0 aromatic heterocycles. The molecule has 4 saturated heterocycles. The first-order valence-electron chi connectivity index (χ1n) is 28.5. The topological polar surface area (TPSA) is 543 Å². The Morgan fingerprint density at radius 2 is 0.894 bits per heavy atom. The number of phenolic OH excluding ortho intramolecular Hbond substituents is 4. The maximum Gasteiger partial charge on any atom is 0.330 e. The molecule has 18 N–H and O–H groups in total. The second kappa shape index (κ2) is 30.3. The molecule has 21 atom stereocenters. The molecule has 4 aromatic rings. The van der Waals surface area contributed by atoms with Gasteiger partial charge in [0.1, 0.15) is 158 Å². The summed E-state index contributed by atoms with van der Waals surface area (Å²) < 4.78 is 67.6. The van der Waals surface area contributed by atoms with Gasteiger partial charge in [0.15, 0.2) is 17.6 Å². The lowest BCUT2D eigenvalue weighted by Crippen LogP contribution is -2.60. The van der Waals surface area contributed by atoms with Gasteiger partial charge in [-0.15, -0.1) is 0 Å². The molecule has 94 heavy (non-hydrogen) atoms. The van der Waals surface area contributed by atoms with Crippen LogP contribution in [0.2, 0.25) is 0 Å².